The van der Waals surface area contributed by atoms with Gasteiger partial charge in [0.25, 0.3) is 0 Å². The summed E-state index contributed by atoms with van der Waals surface area (Å²) in [7, 11) is 1.30. The minimum atomic E-state index is -0.506. The van der Waals surface area contributed by atoms with Gasteiger partial charge in [-0.05, 0) is 26.0 Å². The number of aromatic nitrogens is 1. The van der Waals surface area contributed by atoms with Gasteiger partial charge in [-0.15, -0.1) is 0 Å². The largest absolute Gasteiger partial charge is 0.465 e. The first kappa shape index (κ1) is 14.9. The first-order chi connectivity index (χ1) is 9.12. The Morgan fingerprint density at radius 1 is 1.37 bits per heavy atom. The zero-order valence-electron chi connectivity index (χ0n) is 11.4. The van der Waals surface area contributed by atoms with Gasteiger partial charge in [0.15, 0.2) is 0 Å². The molecule has 19 heavy (non-hydrogen) atoms. The molecule has 0 fully saturated rings. The number of hydrogen-bond acceptors (Lipinski definition) is 6. The maximum absolute atomic E-state index is 11.5. The van der Waals surface area contributed by atoms with Gasteiger partial charge in [-0.25, -0.2) is 9.78 Å². The number of carbonyl (C=O) groups excluding carboxylic acids is 2. The van der Waals surface area contributed by atoms with E-state index in [0.29, 0.717) is 13.2 Å². The molecule has 1 rings (SSSR count). The van der Waals surface area contributed by atoms with E-state index in [1.165, 1.54) is 13.3 Å². The number of esters is 2. The van der Waals surface area contributed by atoms with E-state index < -0.39 is 5.97 Å². The maximum atomic E-state index is 11.5. The van der Waals surface area contributed by atoms with Crippen LogP contribution in [0.25, 0.3) is 0 Å². The molecule has 6 nitrogen and oxygen atoms in total. The van der Waals surface area contributed by atoms with Crippen molar-refractivity contribution in [3.63, 3.8) is 0 Å². The fourth-order valence-electron chi connectivity index (χ4n) is 1.58. The molecule has 0 unspecified atom stereocenters. The fraction of sp³-hybridized carbons (Fsp3) is 0.462. The summed E-state index contributed by atoms with van der Waals surface area (Å²) in [5, 5.41) is 0. The summed E-state index contributed by atoms with van der Waals surface area (Å²) in [5.41, 5.74) is 0.938. The molecule has 0 radical (unpaired) electrons. The number of nitrogens with zero attached hydrogens (tertiary/aromatic N) is 2. The Hall–Kier alpha value is -2.11. The molecule has 1 aromatic rings. The van der Waals surface area contributed by atoms with E-state index in [9.17, 15) is 9.59 Å². The van der Waals surface area contributed by atoms with Crippen molar-refractivity contribution in [1.29, 1.82) is 0 Å². The Morgan fingerprint density at radius 2 is 2.11 bits per heavy atom. The van der Waals surface area contributed by atoms with Crippen LogP contribution in [0, 0.1) is 0 Å². The number of anilines is 1. The summed E-state index contributed by atoms with van der Waals surface area (Å²) in [6.45, 7) is 4.77. The maximum Gasteiger partial charge on any atom is 0.356 e. The second-order valence-electron chi connectivity index (χ2n) is 3.71. The van der Waals surface area contributed by atoms with Crippen molar-refractivity contribution in [2.24, 2.45) is 0 Å². The standard InChI is InChI=1S/C13H18N2O4/c1-4-15(9-12(16)19-5-2)10-6-7-14-11(8-10)13(17)18-3/h6-8H,4-5,9H2,1-3H3. The number of rotatable bonds is 6. The Bertz CT molecular complexity index is 448. The van der Waals surface area contributed by atoms with Crippen molar-refractivity contribution >= 4 is 17.6 Å². The number of pyridine rings is 1. The molecular weight excluding hydrogens is 248 g/mol. The molecule has 0 aliphatic rings. The molecule has 0 bridgehead atoms. The average Bonchev–Trinajstić information content (AvgIpc) is 2.44. The lowest BCUT2D eigenvalue weighted by molar-refractivity contribution is -0.141. The van der Waals surface area contributed by atoms with Crippen LogP contribution < -0.4 is 4.90 Å². The van der Waals surface area contributed by atoms with Gasteiger partial charge in [0.05, 0.1) is 13.7 Å². The fourth-order valence-corrected chi connectivity index (χ4v) is 1.58. The molecular formula is C13H18N2O4. The van der Waals surface area contributed by atoms with Crippen LogP contribution in [0.2, 0.25) is 0 Å². The van der Waals surface area contributed by atoms with Gasteiger partial charge in [0, 0.05) is 18.4 Å². The van der Waals surface area contributed by atoms with Crippen LogP contribution in [0.15, 0.2) is 18.3 Å². The molecule has 0 aromatic carbocycles. The Labute approximate surface area is 112 Å². The smallest absolute Gasteiger partial charge is 0.356 e. The summed E-state index contributed by atoms with van der Waals surface area (Å²) in [4.78, 5) is 28.6. The Kier molecular flexibility index (Phi) is 5.78. The zero-order valence-corrected chi connectivity index (χ0v) is 11.4. The van der Waals surface area contributed by atoms with E-state index in [1.54, 1.807) is 24.0 Å². The van der Waals surface area contributed by atoms with Gasteiger partial charge in [0.2, 0.25) is 0 Å². The second-order valence-corrected chi connectivity index (χ2v) is 3.71. The van der Waals surface area contributed by atoms with Crippen LogP contribution in [0.4, 0.5) is 5.69 Å². The van der Waals surface area contributed by atoms with E-state index in [-0.39, 0.29) is 18.2 Å². The topological polar surface area (TPSA) is 68.7 Å². The molecule has 0 saturated carbocycles. The van der Waals surface area contributed by atoms with E-state index in [0.717, 1.165) is 5.69 Å². The lowest BCUT2D eigenvalue weighted by Crippen LogP contribution is -2.31. The highest BCUT2D eigenvalue weighted by atomic mass is 16.5. The molecule has 0 aliphatic carbocycles. The molecule has 1 aromatic heterocycles. The minimum Gasteiger partial charge on any atom is -0.465 e. The van der Waals surface area contributed by atoms with E-state index in [2.05, 4.69) is 9.72 Å². The van der Waals surface area contributed by atoms with Gasteiger partial charge in [-0.2, -0.15) is 0 Å². The third kappa shape index (κ3) is 4.24. The molecule has 0 saturated heterocycles. The lowest BCUT2D eigenvalue weighted by atomic mass is 10.3. The molecule has 6 heteroatoms. The number of methoxy groups -OCH3 is 1. The normalized spacial score (nSPS) is 9.84. The van der Waals surface area contributed by atoms with Crippen LogP contribution >= 0.6 is 0 Å². The van der Waals surface area contributed by atoms with E-state index in [4.69, 9.17) is 4.74 Å². The summed E-state index contributed by atoms with van der Waals surface area (Å²) in [6, 6.07) is 3.32. The van der Waals surface area contributed by atoms with Crippen molar-refractivity contribution in [1.82, 2.24) is 4.98 Å². The van der Waals surface area contributed by atoms with Gasteiger partial charge in [0.1, 0.15) is 12.2 Å². The van der Waals surface area contributed by atoms with Gasteiger partial charge in [-0.3, -0.25) is 4.79 Å². The predicted molar refractivity (Wildman–Crippen MR) is 70.1 cm³/mol. The number of likely N-dealkylation sites (N-methyl/N-ethyl adjacent to an activating group) is 1. The zero-order chi connectivity index (χ0) is 14.3. The van der Waals surface area contributed by atoms with E-state index in [1.807, 2.05) is 6.92 Å². The molecule has 0 atom stereocenters. The summed E-state index contributed by atoms with van der Waals surface area (Å²) < 4.78 is 9.52. The molecule has 0 spiro atoms. The van der Waals surface area contributed by atoms with Gasteiger partial charge >= 0.3 is 11.9 Å². The molecule has 0 amide bonds. The average molecular weight is 266 g/mol. The summed E-state index contributed by atoms with van der Waals surface area (Å²) >= 11 is 0. The third-order valence-electron chi connectivity index (χ3n) is 2.51. The highest BCUT2D eigenvalue weighted by Gasteiger charge is 2.14. The van der Waals surface area contributed by atoms with Crippen LogP contribution in [-0.4, -0.2) is 43.7 Å². The Balaban J connectivity index is 2.86. The first-order valence-electron chi connectivity index (χ1n) is 6.07. The van der Waals surface area contributed by atoms with Crippen LogP contribution in [0.5, 0.6) is 0 Å². The molecule has 0 aliphatic heterocycles. The second kappa shape index (κ2) is 7.35. The molecule has 1 heterocycles. The highest BCUT2D eigenvalue weighted by Crippen LogP contribution is 2.14. The Morgan fingerprint density at radius 3 is 2.68 bits per heavy atom. The van der Waals surface area contributed by atoms with E-state index >= 15 is 0 Å². The van der Waals surface area contributed by atoms with Crippen LogP contribution in [-0.2, 0) is 14.3 Å². The number of carbonyl (C=O) groups is 2. The SMILES string of the molecule is CCOC(=O)CN(CC)c1ccnc(C(=O)OC)c1. The summed E-state index contributed by atoms with van der Waals surface area (Å²) in [6.07, 6.45) is 1.51. The van der Waals surface area contributed by atoms with Crippen LogP contribution in [0.1, 0.15) is 24.3 Å². The summed E-state index contributed by atoms with van der Waals surface area (Å²) in [5.74, 6) is -0.810. The van der Waals surface area contributed by atoms with Crippen molar-refractivity contribution in [2.45, 2.75) is 13.8 Å². The molecule has 104 valence electrons. The van der Waals surface area contributed by atoms with Crippen molar-refractivity contribution < 1.29 is 19.1 Å². The van der Waals surface area contributed by atoms with Gasteiger partial charge in [-0.1, -0.05) is 0 Å². The van der Waals surface area contributed by atoms with Crippen molar-refractivity contribution in [2.75, 3.05) is 31.7 Å². The molecule has 0 N–H and O–H groups in total. The lowest BCUT2D eigenvalue weighted by Gasteiger charge is -2.22. The monoisotopic (exact) mass is 266 g/mol. The minimum absolute atomic E-state index is 0.134. The van der Waals surface area contributed by atoms with Gasteiger partial charge < -0.3 is 14.4 Å². The highest BCUT2D eigenvalue weighted by molar-refractivity contribution is 5.88. The van der Waals surface area contributed by atoms with Crippen molar-refractivity contribution in [3.8, 4) is 0 Å². The third-order valence-corrected chi connectivity index (χ3v) is 2.51. The quantitative estimate of drug-likeness (QED) is 0.722. The predicted octanol–water partition coefficient (Wildman–Crippen LogP) is 1.26. The van der Waals surface area contributed by atoms with Crippen molar-refractivity contribution in [3.05, 3.63) is 24.0 Å². The number of ether oxygens (including phenoxy) is 2. The first-order valence-corrected chi connectivity index (χ1v) is 6.07. The number of hydrogen-bond donors (Lipinski definition) is 0. The van der Waals surface area contributed by atoms with Crippen LogP contribution in [0.3, 0.4) is 0 Å².